The SMILES string of the molecule is O=C(CCOCCOCCNC(=O)CCN1C(=O)C=CC1=O)NCCCC[C@H](NC(=O)CCOCCOCCNC(=O)CCN1C(=O)C=CC1=O)C(=O)NCCOCCOCCOCCOCCC(=O)Oc1c(F)c(F)cc(F)c1F. The third-order valence-corrected chi connectivity index (χ3v) is 11.0. The number of imide groups is 2. The van der Waals surface area contributed by atoms with Crippen LogP contribution in [0, 0.1) is 23.3 Å². The zero-order chi connectivity index (χ0) is 59.0. The normalized spacial score (nSPS) is 13.3. The number of benzene rings is 1. The highest BCUT2D eigenvalue weighted by Gasteiger charge is 2.26. The lowest BCUT2D eigenvalue weighted by atomic mass is 10.1. The number of hydrogen-bond donors (Lipinski definition) is 5. The van der Waals surface area contributed by atoms with Gasteiger partial charge in [0, 0.05) is 95.3 Å². The Hall–Kier alpha value is -6.80. The van der Waals surface area contributed by atoms with Gasteiger partial charge in [0.25, 0.3) is 23.6 Å². The Morgan fingerprint density at radius 2 is 0.778 bits per heavy atom. The van der Waals surface area contributed by atoms with Crippen LogP contribution in [0.3, 0.4) is 0 Å². The van der Waals surface area contributed by atoms with Gasteiger partial charge in [-0.3, -0.25) is 57.7 Å². The van der Waals surface area contributed by atoms with E-state index in [1.54, 1.807) is 0 Å². The van der Waals surface area contributed by atoms with Crippen LogP contribution in [-0.4, -0.2) is 220 Å². The van der Waals surface area contributed by atoms with Crippen molar-refractivity contribution in [3.8, 4) is 5.75 Å². The van der Waals surface area contributed by atoms with Crippen LogP contribution in [0.5, 0.6) is 5.75 Å². The number of carbonyl (C=O) groups is 10. The number of hydrogen-bond acceptors (Lipinski definition) is 19. The van der Waals surface area contributed by atoms with Gasteiger partial charge in [-0.1, -0.05) is 0 Å². The molecular weight excluding hydrogens is 1090 g/mol. The fourth-order valence-electron chi connectivity index (χ4n) is 6.82. The number of nitrogens with zero attached hydrogens (tertiary/aromatic N) is 2. The van der Waals surface area contributed by atoms with Gasteiger partial charge in [0.15, 0.2) is 11.6 Å². The Kier molecular flexibility index (Phi) is 34.9. The zero-order valence-electron chi connectivity index (χ0n) is 44.8. The number of ether oxygens (including phenoxy) is 9. The molecule has 452 valence electrons. The van der Waals surface area contributed by atoms with Crippen molar-refractivity contribution in [2.45, 2.75) is 57.4 Å². The van der Waals surface area contributed by atoms with Crippen LogP contribution in [0.25, 0.3) is 0 Å². The average Bonchev–Trinajstić information content (AvgIpc) is 3.96. The summed E-state index contributed by atoms with van der Waals surface area (Å²) in [7, 11) is 0. The van der Waals surface area contributed by atoms with E-state index in [4.69, 9.17) is 37.9 Å². The largest absolute Gasteiger partial charge is 0.420 e. The van der Waals surface area contributed by atoms with E-state index in [0.29, 0.717) is 19.4 Å². The Balaban J connectivity index is 1.23. The Labute approximate surface area is 464 Å². The second-order valence-electron chi connectivity index (χ2n) is 17.2. The van der Waals surface area contributed by atoms with Crippen LogP contribution < -0.4 is 31.3 Å². The standard InChI is InChI=1S/C51H71F4N7O19/c52-36-35-37(53)49(55)50(48(36)54)81-47(71)12-21-75-27-31-79-33-34-80-32-30-78-24-16-59-51(72)38(60-42(66)11-20-74-26-29-77-23-15-58-40(64)9-18-62-45(69)6-7-46(62)70)3-1-2-13-56-41(65)10-19-73-25-28-76-22-14-57-39(63)8-17-61-43(67)4-5-44(61)68/h4-7,35,38H,1-3,8-34H2,(H,56,65)(H,57,63)(H,58,64)(H,59,72)(H,60,66)/t38-/m0/s1. The van der Waals surface area contributed by atoms with Gasteiger partial charge in [-0.05, 0) is 19.3 Å². The van der Waals surface area contributed by atoms with Crippen LogP contribution in [-0.2, 0) is 85.8 Å². The van der Waals surface area contributed by atoms with Crippen molar-refractivity contribution < 1.29 is 108 Å². The van der Waals surface area contributed by atoms with E-state index in [0.717, 1.165) is 34.1 Å². The van der Waals surface area contributed by atoms with E-state index < -0.39 is 82.9 Å². The number of amides is 9. The minimum Gasteiger partial charge on any atom is -0.420 e. The summed E-state index contributed by atoms with van der Waals surface area (Å²) in [6.07, 6.45) is 5.27. The maximum Gasteiger partial charge on any atom is 0.313 e. The Morgan fingerprint density at radius 1 is 0.420 bits per heavy atom. The van der Waals surface area contributed by atoms with Gasteiger partial charge < -0.3 is 69.2 Å². The van der Waals surface area contributed by atoms with E-state index >= 15 is 0 Å². The molecule has 1 aromatic carbocycles. The molecule has 0 bridgehead atoms. The molecule has 0 radical (unpaired) electrons. The van der Waals surface area contributed by atoms with Crippen molar-refractivity contribution in [1.82, 2.24) is 36.4 Å². The highest BCUT2D eigenvalue weighted by Crippen LogP contribution is 2.26. The molecule has 0 aromatic heterocycles. The molecule has 0 saturated heterocycles. The van der Waals surface area contributed by atoms with Crippen LogP contribution >= 0.6 is 0 Å². The van der Waals surface area contributed by atoms with E-state index in [2.05, 4.69) is 31.3 Å². The first-order valence-electron chi connectivity index (χ1n) is 26.2. The smallest absolute Gasteiger partial charge is 0.313 e. The second kappa shape index (κ2) is 41.2. The summed E-state index contributed by atoms with van der Waals surface area (Å²) in [6, 6.07) is -0.924. The van der Waals surface area contributed by atoms with Gasteiger partial charge >= 0.3 is 5.97 Å². The average molecular weight is 1160 g/mol. The lowest BCUT2D eigenvalue weighted by Gasteiger charge is -2.19. The first kappa shape index (κ1) is 68.5. The predicted molar refractivity (Wildman–Crippen MR) is 271 cm³/mol. The predicted octanol–water partition coefficient (Wildman–Crippen LogP) is -0.798. The number of esters is 1. The molecule has 0 fully saturated rings. The summed E-state index contributed by atoms with van der Waals surface area (Å²) >= 11 is 0. The Bertz CT molecular complexity index is 2220. The monoisotopic (exact) mass is 1160 g/mol. The highest BCUT2D eigenvalue weighted by molar-refractivity contribution is 6.13. The number of halogens is 4. The first-order valence-corrected chi connectivity index (χ1v) is 26.2. The molecule has 0 aliphatic carbocycles. The van der Waals surface area contributed by atoms with Gasteiger partial charge in [0.05, 0.1) is 112 Å². The van der Waals surface area contributed by atoms with Crippen molar-refractivity contribution in [2.75, 3.05) is 145 Å². The summed E-state index contributed by atoms with van der Waals surface area (Å²) in [6.45, 7) is 2.88. The van der Waals surface area contributed by atoms with Gasteiger partial charge in [0.2, 0.25) is 46.9 Å². The summed E-state index contributed by atoms with van der Waals surface area (Å²) in [5.41, 5.74) is 0. The van der Waals surface area contributed by atoms with Crippen molar-refractivity contribution in [3.05, 3.63) is 53.6 Å². The van der Waals surface area contributed by atoms with Crippen molar-refractivity contribution in [3.63, 3.8) is 0 Å². The van der Waals surface area contributed by atoms with E-state index in [-0.39, 0.29) is 194 Å². The molecule has 9 amide bonds. The molecule has 81 heavy (non-hydrogen) atoms. The third kappa shape index (κ3) is 30.0. The van der Waals surface area contributed by atoms with Gasteiger partial charge in [-0.2, -0.15) is 8.78 Å². The first-order chi connectivity index (χ1) is 39.1. The fraction of sp³-hybridized carbons (Fsp3) is 0.608. The maximum atomic E-state index is 13.7. The third-order valence-electron chi connectivity index (χ3n) is 11.0. The Morgan fingerprint density at radius 3 is 1.22 bits per heavy atom. The minimum atomic E-state index is -1.84. The van der Waals surface area contributed by atoms with E-state index in [9.17, 15) is 65.5 Å². The lowest BCUT2D eigenvalue weighted by Crippen LogP contribution is -2.47. The minimum absolute atomic E-state index is 0.0113. The van der Waals surface area contributed by atoms with Crippen molar-refractivity contribution in [2.24, 2.45) is 0 Å². The number of rotatable bonds is 47. The number of unbranched alkanes of at least 4 members (excludes halogenated alkanes) is 1. The summed E-state index contributed by atoms with van der Waals surface area (Å²) in [5, 5.41) is 13.5. The molecule has 0 unspecified atom stereocenters. The molecule has 2 aliphatic heterocycles. The molecular formula is C51H71F4N7O19. The molecule has 0 saturated carbocycles. The molecule has 0 spiro atoms. The molecule has 2 aliphatic rings. The van der Waals surface area contributed by atoms with Crippen LogP contribution in [0.4, 0.5) is 17.6 Å². The van der Waals surface area contributed by atoms with Gasteiger partial charge in [-0.15, -0.1) is 0 Å². The molecule has 26 nitrogen and oxygen atoms in total. The molecule has 3 rings (SSSR count). The highest BCUT2D eigenvalue weighted by atomic mass is 19.2. The topological polar surface area (TPSA) is 320 Å². The molecule has 1 aromatic rings. The fourth-order valence-corrected chi connectivity index (χ4v) is 6.82. The summed E-state index contributed by atoms with van der Waals surface area (Å²) < 4.78 is 102. The quantitative estimate of drug-likeness (QED) is 0.0133. The summed E-state index contributed by atoms with van der Waals surface area (Å²) in [4.78, 5) is 122. The van der Waals surface area contributed by atoms with Crippen molar-refractivity contribution in [1.29, 1.82) is 0 Å². The molecule has 5 N–H and O–H groups in total. The van der Waals surface area contributed by atoms with Gasteiger partial charge in [-0.25, -0.2) is 8.78 Å². The second-order valence-corrected chi connectivity index (χ2v) is 17.2. The number of nitrogens with one attached hydrogen (secondary N) is 5. The molecule has 30 heteroatoms. The maximum absolute atomic E-state index is 13.7. The van der Waals surface area contributed by atoms with E-state index in [1.165, 1.54) is 0 Å². The van der Waals surface area contributed by atoms with Crippen LogP contribution in [0.1, 0.15) is 51.4 Å². The summed E-state index contributed by atoms with van der Waals surface area (Å²) in [5.74, 6) is -13.4. The lowest BCUT2D eigenvalue weighted by molar-refractivity contribution is -0.139. The van der Waals surface area contributed by atoms with Crippen molar-refractivity contribution >= 4 is 59.1 Å². The van der Waals surface area contributed by atoms with Crippen LogP contribution in [0.15, 0.2) is 30.4 Å². The van der Waals surface area contributed by atoms with Crippen LogP contribution in [0.2, 0.25) is 0 Å². The molecule has 1 atom stereocenters. The van der Waals surface area contributed by atoms with E-state index in [1.807, 2.05) is 0 Å². The van der Waals surface area contributed by atoms with Gasteiger partial charge in [0.1, 0.15) is 6.04 Å². The number of carbonyl (C=O) groups excluding carboxylic acids is 10. The zero-order valence-corrected chi connectivity index (χ0v) is 44.8. The molecule has 2 heterocycles.